The van der Waals surface area contributed by atoms with Crippen LogP contribution in [-0.2, 0) is 30.9 Å². The summed E-state index contributed by atoms with van der Waals surface area (Å²) in [7, 11) is 1.40. The summed E-state index contributed by atoms with van der Waals surface area (Å²) in [4.78, 5) is 9.68. The van der Waals surface area contributed by atoms with Gasteiger partial charge in [0, 0.05) is 0 Å². The molecule has 25 valence electrons. The summed E-state index contributed by atoms with van der Waals surface area (Å²) in [5, 5.41) is 0. The van der Waals surface area contributed by atoms with Crippen molar-refractivity contribution < 1.29 is 35.7 Å². The van der Waals surface area contributed by atoms with Crippen LogP contribution in [0.25, 0.3) is 0 Å². The second-order valence-electron chi connectivity index (χ2n) is 0.576. The summed E-state index contributed by atoms with van der Waals surface area (Å²) < 4.78 is 4.15. The zero-order valence-corrected chi connectivity index (χ0v) is 8.52. The van der Waals surface area contributed by atoms with Gasteiger partial charge in [-0.15, -0.1) is 0 Å². The number of carbonyl (C=O) groups is 1. The van der Waals surface area contributed by atoms with E-state index in [1.165, 1.54) is 7.11 Å². The van der Waals surface area contributed by atoms with Crippen molar-refractivity contribution in [1.29, 1.82) is 0 Å². The fourth-order valence-electron chi connectivity index (χ4n) is 0. The van der Waals surface area contributed by atoms with Gasteiger partial charge in [-0.3, -0.25) is 0 Å². The Morgan fingerprint density at radius 3 is 2.20 bits per heavy atom. The van der Waals surface area contributed by atoms with Crippen LogP contribution in [0.1, 0.15) is 0 Å². The normalized spacial score (nSPS) is 7.00. The summed E-state index contributed by atoms with van der Waals surface area (Å²) in [6, 6.07) is 0. The van der Waals surface area contributed by atoms with Crippen molar-refractivity contribution in [3.63, 3.8) is 0 Å². The second kappa shape index (κ2) is 2.63. The summed E-state index contributed by atoms with van der Waals surface area (Å²) >= 11 is 0.167. The molecule has 0 aromatic carbocycles. The SMILES string of the molecule is CO[C](=O)[Hg]. The molecular formula is C2H3HgO2. The molecule has 0 radical (unpaired) electrons. The van der Waals surface area contributed by atoms with Gasteiger partial charge in [0.25, 0.3) is 0 Å². The minimum absolute atomic E-state index is 0.0509. The number of hydrogen-bond acceptors (Lipinski definition) is 2. The molecule has 0 rings (SSSR count). The quantitative estimate of drug-likeness (QED) is 0.585. The molecule has 0 aliphatic heterocycles. The molecule has 0 spiro atoms. The predicted octanol–water partition coefficient (Wildman–Crippen LogP) is 0.300. The van der Waals surface area contributed by atoms with E-state index in [1.54, 1.807) is 0 Å². The van der Waals surface area contributed by atoms with Gasteiger partial charge in [-0.25, -0.2) is 0 Å². The fraction of sp³-hybridized carbons (Fsp3) is 0.500. The van der Waals surface area contributed by atoms with E-state index in [2.05, 4.69) is 4.74 Å². The Morgan fingerprint density at radius 1 is 2.00 bits per heavy atom. The number of methoxy groups -OCH3 is 1. The van der Waals surface area contributed by atoms with Gasteiger partial charge in [-0.05, 0) is 0 Å². The molecule has 0 atom stereocenters. The molecule has 0 saturated heterocycles. The fourth-order valence-corrected chi connectivity index (χ4v) is 0. The van der Waals surface area contributed by atoms with Gasteiger partial charge in [-0.1, -0.05) is 0 Å². The molecule has 0 amide bonds. The van der Waals surface area contributed by atoms with Crippen LogP contribution in [-0.4, -0.2) is 10.6 Å². The van der Waals surface area contributed by atoms with Crippen LogP contribution in [0.15, 0.2) is 0 Å². The van der Waals surface area contributed by atoms with E-state index in [1.807, 2.05) is 0 Å². The van der Waals surface area contributed by atoms with Gasteiger partial charge in [0.2, 0.25) is 0 Å². The van der Waals surface area contributed by atoms with E-state index in [0.717, 1.165) is 0 Å². The molecular weight excluding hydrogens is 257 g/mol. The van der Waals surface area contributed by atoms with Gasteiger partial charge in [0.1, 0.15) is 0 Å². The van der Waals surface area contributed by atoms with E-state index in [4.69, 9.17) is 0 Å². The monoisotopic (exact) mass is 261 g/mol. The van der Waals surface area contributed by atoms with Crippen molar-refractivity contribution in [2.45, 2.75) is 0 Å². The Labute approximate surface area is 46.5 Å². The van der Waals surface area contributed by atoms with Crippen LogP contribution >= 0.6 is 0 Å². The first-order chi connectivity index (χ1) is 2.27. The molecule has 0 N–H and O–H groups in total. The summed E-state index contributed by atoms with van der Waals surface area (Å²) in [5.74, 6) is 0. The van der Waals surface area contributed by atoms with E-state index < -0.39 is 0 Å². The second-order valence-corrected chi connectivity index (χ2v) is 2.82. The van der Waals surface area contributed by atoms with Crippen molar-refractivity contribution in [1.82, 2.24) is 0 Å². The molecule has 2 nitrogen and oxygen atoms in total. The molecule has 0 aromatic heterocycles. The maximum atomic E-state index is 9.68. The minimum atomic E-state index is -0.0509. The third kappa shape index (κ3) is 4.41. The zero-order chi connectivity index (χ0) is 4.28. The van der Waals surface area contributed by atoms with Crippen molar-refractivity contribution >= 4 is 3.48 Å². The van der Waals surface area contributed by atoms with Crippen LogP contribution in [0.5, 0.6) is 0 Å². The Bertz CT molecular complexity index is 42.9. The Morgan fingerprint density at radius 2 is 2.20 bits per heavy atom. The Kier molecular flexibility index (Phi) is 2.85. The number of carbonyl (C=O) groups excluding carboxylic acids is 1. The molecule has 5 heavy (non-hydrogen) atoms. The first-order valence-electron chi connectivity index (χ1n) is 1.17. The number of rotatable bonds is 0. The average Bonchev–Trinajstić information content (AvgIpc) is 1.38. The first-order valence-corrected chi connectivity index (χ1v) is 3.92. The summed E-state index contributed by atoms with van der Waals surface area (Å²) in [6.45, 7) is 0. The average molecular weight is 260 g/mol. The molecule has 0 heterocycles. The van der Waals surface area contributed by atoms with Gasteiger partial charge < -0.3 is 0 Å². The van der Waals surface area contributed by atoms with Gasteiger partial charge in [0.15, 0.2) is 0 Å². The van der Waals surface area contributed by atoms with Crippen molar-refractivity contribution in [3.05, 3.63) is 0 Å². The molecule has 0 aromatic rings. The molecule has 0 fully saturated rings. The van der Waals surface area contributed by atoms with E-state index >= 15 is 0 Å². The molecule has 0 aliphatic rings. The molecule has 3 heteroatoms. The van der Waals surface area contributed by atoms with Crippen LogP contribution in [0.4, 0.5) is 4.79 Å². The van der Waals surface area contributed by atoms with Gasteiger partial charge in [0.05, 0.1) is 0 Å². The molecule has 0 saturated carbocycles. The summed E-state index contributed by atoms with van der Waals surface area (Å²) in [5.41, 5.74) is 0. The zero-order valence-electron chi connectivity index (χ0n) is 3.02. The van der Waals surface area contributed by atoms with E-state index in [-0.39, 0.29) is 29.6 Å². The van der Waals surface area contributed by atoms with E-state index in [9.17, 15) is 4.79 Å². The topological polar surface area (TPSA) is 26.3 Å². The van der Waals surface area contributed by atoms with Crippen molar-refractivity contribution in [2.24, 2.45) is 0 Å². The van der Waals surface area contributed by atoms with Crippen LogP contribution in [0, 0.1) is 0 Å². The molecule has 0 aliphatic carbocycles. The van der Waals surface area contributed by atoms with Crippen LogP contribution in [0.2, 0.25) is 0 Å². The Balaban J connectivity index is 2.85. The van der Waals surface area contributed by atoms with Crippen LogP contribution < -0.4 is 0 Å². The third-order valence-electron chi connectivity index (χ3n) is 0.228. The summed E-state index contributed by atoms with van der Waals surface area (Å²) in [6.07, 6.45) is 0. The maximum absolute atomic E-state index is 9.68. The molecule has 0 bridgehead atoms. The Hall–Kier alpha value is 0.405. The standard InChI is InChI=1S/C2H3O2.Hg/c1-4-2-3;/h1H3;. The van der Waals surface area contributed by atoms with Crippen molar-refractivity contribution in [3.8, 4) is 0 Å². The first kappa shape index (κ1) is 5.41. The van der Waals surface area contributed by atoms with Gasteiger partial charge in [-0.2, -0.15) is 0 Å². The van der Waals surface area contributed by atoms with Gasteiger partial charge >= 0.3 is 46.2 Å². The molecule has 0 unspecified atom stereocenters. The third-order valence-corrected chi connectivity index (χ3v) is 1.35. The van der Waals surface area contributed by atoms with E-state index in [0.29, 0.717) is 0 Å². The predicted molar refractivity (Wildman–Crippen MR) is 12.4 cm³/mol. The van der Waals surface area contributed by atoms with Crippen molar-refractivity contribution in [2.75, 3.05) is 7.11 Å². The van der Waals surface area contributed by atoms with Crippen LogP contribution in [0.3, 0.4) is 0 Å². The number of ether oxygens (including phenoxy) is 1. The number of hydrogen-bond donors (Lipinski definition) is 0.